The molecular formula is C16H23NO. The largest absolute Gasteiger partial charge is 0.496 e. The first-order chi connectivity index (χ1) is 8.70. The first kappa shape index (κ1) is 13.2. The predicted molar refractivity (Wildman–Crippen MR) is 75.6 cm³/mol. The van der Waals surface area contributed by atoms with Crippen molar-refractivity contribution in [2.24, 2.45) is 0 Å². The highest BCUT2D eigenvalue weighted by Crippen LogP contribution is 2.27. The van der Waals surface area contributed by atoms with Crippen LogP contribution in [0.4, 0.5) is 0 Å². The molecule has 1 aromatic rings. The summed E-state index contributed by atoms with van der Waals surface area (Å²) in [4.78, 5) is 0. The van der Waals surface area contributed by atoms with Gasteiger partial charge in [-0.25, -0.2) is 0 Å². The molecule has 0 aliphatic carbocycles. The summed E-state index contributed by atoms with van der Waals surface area (Å²) in [6.07, 6.45) is 4.49. The van der Waals surface area contributed by atoms with Gasteiger partial charge in [-0.1, -0.05) is 36.2 Å². The summed E-state index contributed by atoms with van der Waals surface area (Å²) in [5, 5.41) is 3.53. The summed E-state index contributed by atoms with van der Waals surface area (Å²) in [6, 6.07) is 6.91. The third kappa shape index (κ3) is 3.14. The molecule has 98 valence electrons. The van der Waals surface area contributed by atoms with E-state index in [2.05, 4.69) is 50.4 Å². The van der Waals surface area contributed by atoms with Crippen molar-refractivity contribution < 1.29 is 4.74 Å². The average molecular weight is 245 g/mol. The molecule has 1 aromatic carbocycles. The van der Waals surface area contributed by atoms with Crippen molar-refractivity contribution in [2.75, 3.05) is 13.2 Å². The van der Waals surface area contributed by atoms with Gasteiger partial charge in [-0.05, 0) is 44.9 Å². The van der Waals surface area contributed by atoms with E-state index < -0.39 is 0 Å². The molecule has 1 unspecified atom stereocenters. The Morgan fingerprint density at radius 2 is 1.94 bits per heavy atom. The molecule has 1 aliphatic rings. The van der Waals surface area contributed by atoms with Crippen molar-refractivity contribution >= 4 is 0 Å². The third-order valence-corrected chi connectivity index (χ3v) is 3.23. The quantitative estimate of drug-likeness (QED) is 0.874. The predicted octanol–water partition coefficient (Wildman–Crippen LogP) is 3.65. The second kappa shape index (κ2) is 6.05. The van der Waals surface area contributed by atoms with E-state index in [1.165, 1.54) is 16.7 Å². The van der Waals surface area contributed by atoms with E-state index in [1.54, 1.807) is 0 Å². The van der Waals surface area contributed by atoms with E-state index >= 15 is 0 Å². The average Bonchev–Trinajstić information content (AvgIpc) is 2.36. The molecule has 2 heteroatoms. The van der Waals surface area contributed by atoms with Crippen LogP contribution in [-0.2, 0) is 4.74 Å². The molecule has 1 N–H and O–H groups in total. The Morgan fingerprint density at radius 3 is 2.50 bits per heavy atom. The summed E-state index contributed by atoms with van der Waals surface area (Å²) in [6.45, 7) is 8.22. The van der Waals surface area contributed by atoms with E-state index in [0.717, 1.165) is 31.8 Å². The van der Waals surface area contributed by atoms with Gasteiger partial charge in [0.2, 0.25) is 0 Å². The SMILES string of the molecule is CCNC(C1=CCCCO1)c1cc(C)cc(C)c1. The molecule has 0 spiro atoms. The fourth-order valence-corrected chi connectivity index (χ4v) is 2.54. The number of ether oxygens (including phenoxy) is 1. The Hall–Kier alpha value is -1.28. The van der Waals surface area contributed by atoms with Crippen LogP contribution in [0.15, 0.2) is 30.0 Å². The number of benzene rings is 1. The van der Waals surface area contributed by atoms with Crippen LogP contribution < -0.4 is 5.32 Å². The Kier molecular flexibility index (Phi) is 4.43. The molecular weight excluding hydrogens is 222 g/mol. The highest BCUT2D eigenvalue weighted by Gasteiger charge is 2.19. The Bertz CT molecular complexity index is 416. The van der Waals surface area contributed by atoms with Crippen molar-refractivity contribution in [1.29, 1.82) is 0 Å². The van der Waals surface area contributed by atoms with Crippen LogP contribution >= 0.6 is 0 Å². The summed E-state index contributed by atoms with van der Waals surface area (Å²) in [5.41, 5.74) is 3.93. The van der Waals surface area contributed by atoms with Gasteiger partial charge in [0, 0.05) is 0 Å². The highest BCUT2D eigenvalue weighted by molar-refractivity contribution is 5.34. The van der Waals surface area contributed by atoms with Crippen LogP contribution in [0.25, 0.3) is 0 Å². The van der Waals surface area contributed by atoms with Crippen molar-refractivity contribution in [2.45, 2.75) is 39.7 Å². The van der Waals surface area contributed by atoms with Gasteiger partial charge in [0.1, 0.15) is 5.76 Å². The van der Waals surface area contributed by atoms with Crippen LogP contribution in [0.1, 0.15) is 42.5 Å². The summed E-state index contributed by atoms with van der Waals surface area (Å²) >= 11 is 0. The van der Waals surface area contributed by atoms with E-state index in [1.807, 2.05) is 0 Å². The van der Waals surface area contributed by atoms with Gasteiger partial charge in [0.15, 0.2) is 0 Å². The van der Waals surface area contributed by atoms with Crippen LogP contribution in [0.3, 0.4) is 0 Å². The number of aryl methyl sites for hydroxylation is 2. The zero-order chi connectivity index (χ0) is 13.0. The Labute approximate surface area is 110 Å². The smallest absolute Gasteiger partial charge is 0.113 e. The summed E-state index contributed by atoms with van der Waals surface area (Å²) in [5.74, 6) is 1.09. The van der Waals surface area contributed by atoms with Crippen LogP contribution in [0, 0.1) is 13.8 Å². The third-order valence-electron chi connectivity index (χ3n) is 3.23. The van der Waals surface area contributed by atoms with Crippen LogP contribution in [0.5, 0.6) is 0 Å². The van der Waals surface area contributed by atoms with E-state index in [-0.39, 0.29) is 6.04 Å². The molecule has 0 fully saturated rings. The maximum absolute atomic E-state index is 5.83. The van der Waals surface area contributed by atoms with E-state index in [4.69, 9.17) is 4.74 Å². The van der Waals surface area contributed by atoms with Gasteiger partial charge in [0.05, 0.1) is 12.6 Å². The first-order valence-corrected chi connectivity index (χ1v) is 6.85. The van der Waals surface area contributed by atoms with Gasteiger partial charge in [0.25, 0.3) is 0 Å². The molecule has 0 saturated carbocycles. The monoisotopic (exact) mass is 245 g/mol. The van der Waals surface area contributed by atoms with Crippen molar-refractivity contribution in [3.63, 3.8) is 0 Å². The van der Waals surface area contributed by atoms with E-state index in [9.17, 15) is 0 Å². The zero-order valence-electron chi connectivity index (χ0n) is 11.6. The standard InChI is InChI=1S/C16H23NO/c1-4-17-16(15-7-5-6-8-18-15)14-10-12(2)9-13(3)11-14/h7,9-11,16-17H,4-6,8H2,1-3H3. The van der Waals surface area contributed by atoms with E-state index in [0.29, 0.717) is 0 Å². The molecule has 0 radical (unpaired) electrons. The number of allylic oxidation sites excluding steroid dienone is 1. The van der Waals surface area contributed by atoms with Gasteiger partial charge in [-0.15, -0.1) is 0 Å². The normalized spacial score (nSPS) is 16.9. The number of likely N-dealkylation sites (N-methyl/N-ethyl adjacent to an activating group) is 1. The lowest BCUT2D eigenvalue weighted by Gasteiger charge is -2.25. The molecule has 0 bridgehead atoms. The fraction of sp³-hybridized carbons (Fsp3) is 0.500. The molecule has 2 nitrogen and oxygen atoms in total. The minimum atomic E-state index is 0.203. The second-order valence-corrected chi connectivity index (χ2v) is 5.01. The Balaban J connectivity index is 2.31. The topological polar surface area (TPSA) is 21.3 Å². The molecule has 0 saturated heterocycles. The van der Waals surface area contributed by atoms with Gasteiger partial charge in [-0.3, -0.25) is 0 Å². The van der Waals surface area contributed by atoms with Crippen molar-refractivity contribution in [1.82, 2.24) is 5.32 Å². The van der Waals surface area contributed by atoms with Crippen molar-refractivity contribution in [3.8, 4) is 0 Å². The van der Waals surface area contributed by atoms with Crippen LogP contribution in [0.2, 0.25) is 0 Å². The van der Waals surface area contributed by atoms with Crippen LogP contribution in [-0.4, -0.2) is 13.2 Å². The molecule has 2 rings (SSSR count). The molecule has 0 amide bonds. The lowest BCUT2D eigenvalue weighted by Crippen LogP contribution is -2.25. The summed E-state index contributed by atoms with van der Waals surface area (Å²) in [7, 11) is 0. The van der Waals surface area contributed by atoms with Crippen molar-refractivity contribution in [3.05, 3.63) is 46.7 Å². The number of hydrogen-bond acceptors (Lipinski definition) is 2. The van der Waals surface area contributed by atoms with Gasteiger partial charge < -0.3 is 10.1 Å². The number of nitrogens with one attached hydrogen (secondary N) is 1. The summed E-state index contributed by atoms with van der Waals surface area (Å²) < 4.78 is 5.83. The molecule has 1 atom stereocenters. The zero-order valence-corrected chi connectivity index (χ0v) is 11.6. The van der Waals surface area contributed by atoms with Gasteiger partial charge >= 0.3 is 0 Å². The minimum absolute atomic E-state index is 0.203. The number of hydrogen-bond donors (Lipinski definition) is 1. The fourth-order valence-electron chi connectivity index (χ4n) is 2.54. The molecule has 1 heterocycles. The second-order valence-electron chi connectivity index (χ2n) is 5.01. The maximum Gasteiger partial charge on any atom is 0.113 e. The molecule has 0 aromatic heterocycles. The molecule has 18 heavy (non-hydrogen) atoms. The Morgan fingerprint density at radius 1 is 1.22 bits per heavy atom. The lowest BCUT2D eigenvalue weighted by atomic mass is 9.98. The minimum Gasteiger partial charge on any atom is -0.496 e. The maximum atomic E-state index is 5.83. The number of rotatable bonds is 4. The highest BCUT2D eigenvalue weighted by atomic mass is 16.5. The van der Waals surface area contributed by atoms with Gasteiger partial charge in [-0.2, -0.15) is 0 Å². The molecule has 1 aliphatic heterocycles. The first-order valence-electron chi connectivity index (χ1n) is 6.85. The lowest BCUT2D eigenvalue weighted by molar-refractivity contribution is 0.168.